The predicted octanol–water partition coefficient (Wildman–Crippen LogP) is 3.02. The number of guanidine groups is 1. The van der Waals surface area contributed by atoms with Gasteiger partial charge in [0.1, 0.15) is 6.54 Å². The number of hydrogen-bond acceptors (Lipinski definition) is 3. The van der Waals surface area contributed by atoms with E-state index in [2.05, 4.69) is 45.5 Å². The highest BCUT2D eigenvalue weighted by atomic mass is 127. The number of carbonyl (C=O) groups excluding carboxylic acids is 1. The maximum Gasteiger partial charge on any atom is 0.243 e. The molecule has 0 atom stereocenters. The number of halogens is 1. The maximum absolute atomic E-state index is 12.0. The molecule has 1 aromatic rings. The smallest absolute Gasteiger partial charge is 0.243 e. The van der Waals surface area contributed by atoms with E-state index < -0.39 is 0 Å². The highest BCUT2D eigenvalue weighted by molar-refractivity contribution is 14.0. The zero-order chi connectivity index (χ0) is 20.2. The minimum atomic E-state index is 0. The Labute approximate surface area is 193 Å². The van der Waals surface area contributed by atoms with Gasteiger partial charge in [0.05, 0.1) is 0 Å². The van der Waals surface area contributed by atoms with Crippen LogP contribution in [-0.2, 0) is 16.0 Å². The van der Waals surface area contributed by atoms with Gasteiger partial charge in [-0.15, -0.1) is 24.0 Å². The average Bonchev–Trinajstić information content (AvgIpc) is 2.71. The van der Waals surface area contributed by atoms with Gasteiger partial charge in [-0.1, -0.05) is 30.3 Å². The molecule has 0 aliphatic carbocycles. The first-order valence-electron chi connectivity index (χ1n) is 10.4. The minimum absolute atomic E-state index is 0. The zero-order valence-electron chi connectivity index (χ0n) is 18.1. The van der Waals surface area contributed by atoms with Crippen molar-refractivity contribution in [1.82, 2.24) is 15.1 Å². The van der Waals surface area contributed by atoms with E-state index in [1.165, 1.54) is 5.56 Å². The highest BCUT2D eigenvalue weighted by Gasteiger charge is 2.22. The summed E-state index contributed by atoms with van der Waals surface area (Å²) in [5, 5.41) is 3.43. The van der Waals surface area contributed by atoms with Crippen molar-refractivity contribution in [3.63, 3.8) is 0 Å². The normalized spacial score (nSPS) is 15.0. The lowest BCUT2D eigenvalue weighted by atomic mass is 9.90. The average molecular weight is 516 g/mol. The van der Waals surface area contributed by atoms with Gasteiger partial charge in [-0.25, -0.2) is 4.99 Å². The number of piperidine rings is 1. The third-order valence-electron chi connectivity index (χ3n) is 5.10. The molecular formula is C22H37IN4O2. The summed E-state index contributed by atoms with van der Waals surface area (Å²) in [4.78, 5) is 20.4. The highest BCUT2D eigenvalue weighted by Crippen LogP contribution is 2.21. The van der Waals surface area contributed by atoms with Gasteiger partial charge in [0.2, 0.25) is 5.91 Å². The molecule has 1 aromatic carbocycles. The van der Waals surface area contributed by atoms with Crippen LogP contribution in [0.5, 0.6) is 0 Å². The van der Waals surface area contributed by atoms with Gasteiger partial charge in [-0.3, -0.25) is 4.79 Å². The second-order valence-corrected chi connectivity index (χ2v) is 7.53. The lowest BCUT2D eigenvalue weighted by molar-refractivity contribution is -0.127. The fourth-order valence-corrected chi connectivity index (χ4v) is 3.37. The Morgan fingerprint density at radius 1 is 1.24 bits per heavy atom. The van der Waals surface area contributed by atoms with Crippen LogP contribution in [0.15, 0.2) is 35.3 Å². The Bertz CT molecular complexity index is 602. The van der Waals surface area contributed by atoms with Crippen molar-refractivity contribution in [3.8, 4) is 0 Å². The molecule has 1 heterocycles. The molecule has 0 bridgehead atoms. The monoisotopic (exact) mass is 516 g/mol. The van der Waals surface area contributed by atoms with Crippen molar-refractivity contribution >= 4 is 35.8 Å². The molecule has 1 N–H and O–H groups in total. The van der Waals surface area contributed by atoms with Gasteiger partial charge in [-0.05, 0) is 44.1 Å². The van der Waals surface area contributed by atoms with Crippen molar-refractivity contribution in [1.29, 1.82) is 0 Å². The molecule has 1 amide bonds. The molecule has 0 unspecified atom stereocenters. The molecular weight excluding hydrogens is 479 g/mol. The molecule has 29 heavy (non-hydrogen) atoms. The minimum Gasteiger partial charge on any atom is -0.382 e. The van der Waals surface area contributed by atoms with Crippen molar-refractivity contribution < 1.29 is 9.53 Å². The topological polar surface area (TPSA) is 57.2 Å². The fraction of sp³-hybridized carbons (Fsp3) is 0.636. The number of likely N-dealkylation sites (N-methyl/N-ethyl adjacent to an activating group) is 1. The number of carbonyl (C=O) groups is 1. The van der Waals surface area contributed by atoms with E-state index in [0.717, 1.165) is 64.5 Å². The lowest BCUT2D eigenvalue weighted by Crippen LogP contribution is -2.46. The number of aliphatic imine (C=N–C) groups is 1. The Kier molecular flexibility index (Phi) is 12.9. The van der Waals surface area contributed by atoms with E-state index in [1.54, 1.807) is 19.0 Å². The molecule has 1 aliphatic heterocycles. The van der Waals surface area contributed by atoms with Crippen LogP contribution < -0.4 is 5.32 Å². The van der Waals surface area contributed by atoms with Gasteiger partial charge in [0.25, 0.3) is 0 Å². The molecule has 0 radical (unpaired) electrons. The summed E-state index contributed by atoms with van der Waals surface area (Å²) in [6, 6.07) is 10.7. The Morgan fingerprint density at radius 2 is 1.93 bits per heavy atom. The van der Waals surface area contributed by atoms with E-state index in [9.17, 15) is 4.79 Å². The van der Waals surface area contributed by atoms with Gasteiger partial charge in [-0.2, -0.15) is 0 Å². The van der Waals surface area contributed by atoms with Crippen LogP contribution >= 0.6 is 24.0 Å². The summed E-state index contributed by atoms with van der Waals surface area (Å²) in [6.07, 6.45) is 4.37. The number of likely N-dealkylation sites (tertiary alicyclic amines) is 1. The predicted molar refractivity (Wildman–Crippen MR) is 130 cm³/mol. The first-order chi connectivity index (χ1) is 13.6. The first kappa shape index (κ1) is 25.7. The van der Waals surface area contributed by atoms with Crippen LogP contribution in [0.25, 0.3) is 0 Å². The Balaban J connectivity index is 0.00000420. The quantitative estimate of drug-likeness (QED) is 0.237. The summed E-state index contributed by atoms with van der Waals surface area (Å²) in [5.41, 5.74) is 1.42. The summed E-state index contributed by atoms with van der Waals surface area (Å²) in [5.74, 6) is 1.58. The van der Waals surface area contributed by atoms with Gasteiger partial charge in [0.15, 0.2) is 5.96 Å². The summed E-state index contributed by atoms with van der Waals surface area (Å²) < 4.78 is 5.41. The van der Waals surface area contributed by atoms with Gasteiger partial charge < -0.3 is 19.9 Å². The van der Waals surface area contributed by atoms with E-state index in [-0.39, 0.29) is 36.4 Å². The molecule has 2 rings (SSSR count). The number of nitrogens with zero attached hydrogens (tertiary/aromatic N) is 3. The van der Waals surface area contributed by atoms with Crippen molar-refractivity contribution in [3.05, 3.63) is 35.9 Å². The zero-order valence-corrected chi connectivity index (χ0v) is 20.4. The second-order valence-electron chi connectivity index (χ2n) is 7.53. The number of amides is 1. The number of nitrogens with one attached hydrogen (secondary N) is 1. The van der Waals surface area contributed by atoms with Gasteiger partial charge >= 0.3 is 0 Å². The van der Waals surface area contributed by atoms with E-state index in [1.807, 2.05) is 6.92 Å². The summed E-state index contributed by atoms with van der Waals surface area (Å²) in [6.45, 7) is 6.44. The first-order valence-corrected chi connectivity index (χ1v) is 10.4. The molecule has 7 heteroatoms. The summed E-state index contributed by atoms with van der Waals surface area (Å²) >= 11 is 0. The molecule has 0 spiro atoms. The molecule has 164 valence electrons. The lowest BCUT2D eigenvalue weighted by Gasteiger charge is -2.34. The van der Waals surface area contributed by atoms with Crippen molar-refractivity contribution in [2.75, 3.05) is 53.5 Å². The van der Waals surface area contributed by atoms with Crippen LogP contribution in [0.1, 0.15) is 31.7 Å². The molecule has 1 saturated heterocycles. The van der Waals surface area contributed by atoms with Crippen LogP contribution in [0.4, 0.5) is 0 Å². The second kappa shape index (κ2) is 14.6. The van der Waals surface area contributed by atoms with Crippen molar-refractivity contribution in [2.24, 2.45) is 10.9 Å². The van der Waals surface area contributed by atoms with Crippen LogP contribution in [0.3, 0.4) is 0 Å². The van der Waals surface area contributed by atoms with E-state index >= 15 is 0 Å². The molecule has 0 aromatic heterocycles. The molecule has 1 aliphatic rings. The van der Waals surface area contributed by atoms with E-state index in [4.69, 9.17) is 4.74 Å². The van der Waals surface area contributed by atoms with Gasteiger partial charge in [0, 0.05) is 46.9 Å². The van der Waals surface area contributed by atoms with E-state index in [0.29, 0.717) is 5.92 Å². The van der Waals surface area contributed by atoms with Crippen LogP contribution in [-0.4, -0.2) is 75.2 Å². The molecule has 1 fully saturated rings. The standard InChI is InChI=1S/C22H36N4O2.HI/c1-4-28-16-8-13-23-22(24-18-21(27)25(2)3)26-14-11-20(12-15-26)17-19-9-6-5-7-10-19;/h5-7,9-10,20H,4,8,11-18H2,1-3H3,(H,23,24);1H. The molecule has 6 nitrogen and oxygen atoms in total. The molecule has 0 saturated carbocycles. The number of ether oxygens (including phenoxy) is 1. The van der Waals surface area contributed by atoms with Crippen LogP contribution in [0, 0.1) is 5.92 Å². The van der Waals surface area contributed by atoms with Crippen LogP contribution in [0.2, 0.25) is 0 Å². The number of benzene rings is 1. The SMILES string of the molecule is CCOCCCNC(=NCC(=O)N(C)C)N1CCC(Cc2ccccc2)CC1.I. The largest absolute Gasteiger partial charge is 0.382 e. The Morgan fingerprint density at radius 3 is 2.55 bits per heavy atom. The number of hydrogen-bond donors (Lipinski definition) is 1. The summed E-state index contributed by atoms with van der Waals surface area (Å²) in [7, 11) is 3.53. The fourth-order valence-electron chi connectivity index (χ4n) is 3.37. The number of rotatable bonds is 9. The third-order valence-corrected chi connectivity index (χ3v) is 5.10. The Hall–Kier alpha value is -1.35. The maximum atomic E-state index is 12.0. The third kappa shape index (κ3) is 9.80. The van der Waals surface area contributed by atoms with Crippen molar-refractivity contribution in [2.45, 2.75) is 32.6 Å².